The summed E-state index contributed by atoms with van der Waals surface area (Å²) in [4.78, 5) is 26.3. The Morgan fingerprint density at radius 3 is 2.37 bits per heavy atom. The van der Waals surface area contributed by atoms with Gasteiger partial charge in [0.25, 0.3) is 5.91 Å². The van der Waals surface area contributed by atoms with Crippen LogP contribution >= 0.6 is 23.4 Å². The molecule has 142 valence electrons. The standard InChI is InChI=1S/C20H22ClN3O2S/c21-17-5-7-18(8-6-17)23-19(25)14-27-13-15-1-3-16(4-2-15)20(26)24-11-9-22-10-12-24/h1-8,22H,9-14H2,(H,23,25). The second-order valence-electron chi connectivity index (χ2n) is 6.29. The van der Waals surface area contributed by atoms with Gasteiger partial charge in [-0.25, -0.2) is 0 Å². The van der Waals surface area contributed by atoms with Crippen LogP contribution in [0.25, 0.3) is 0 Å². The maximum atomic E-state index is 12.4. The topological polar surface area (TPSA) is 61.4 Å². The van der Waals surface area contributed by atoms with Gasteiger partial charge < -0.3 is 15.5 Å². The van der Waals surface area contributed by atoms with Crippen LogP contribution in [0.3, 0.4) is 0 Å². The number of anilines is 1. The quantitative estimate of drug-likeness (QED) is 0.777. The summed E-state index contributed by atoms with van der Waals surface area (Å²) in [5.74, 6) is 1.12. The number of amides is 2. The molecule has 2 aromatic carbocycles. The lowest BCUT2D eigenvalue weighted by molar-refractivity contribution is -0.113. The molecule has 1 aliphatic heterocycles. The second-order valence-corrected chi connectivity index (χ2v) is 7.71. The minimum atomic E-state index is -0.0483. The normalized spacial score (nSPS) is 14.0. The zero-order valence-corrected chi connectivity index (χ0v) is 16.5. The van der Waals surface area contributed by atoms with E-state index in [1.807, 2.05) is 29.2 Å². The van der Waals surface area contributed by atoms with Gasteiger partial charge in [0.05, 0.1) is 5.75 Å². The molecule has 0 bridgehead atoms. The highest BCUT2D eigenvalue weighted by Crippen LogP contribution is 2.16. The first-order valence-corrected chi connectivity index (χ1v) is 10.4. The molecular weight excluding hydrogens is 382 g/mol. The number of nitrogens with one attached hydrogen (secondary N) is 2. The lowest BCUT2D eigenvalue weighted by Gasteiger charge is -2.27. The molecule has 0 aromatic heterocycles. The van der Waals surface area contributed by atoms with Crippen LogP contribution in [0.5, 0.6) is 0 Å². The molecule has 2 amide bonds. The first-order chi connectivity index (χ1) is 13.1. The minimum Gasteiger partial charge on any atom is -0.336 e. The largest absolute Gasteiger partial charge is 0.336 e. The Balaban J connectivity index is 1.43. The van der Waals surface area contributed by atoms with Crippen molar-refractivity contribution in [1.82, 2.24) is 10.2 Å². The molecule has 3 rings (SSSR count). The van der Waals surface area contributed by atoms with E-state index in [9.17, 15) is 9.59 Å². The van der Waals surface area contributed by atoms with Gasteiger partial charge in [0, 0.05) is 48.2 Å². The Hall–Kier alpha value is -2.02. The molecule has 0 spiro atoms. The number of thioether (sulfide) groups is 1. The lowest BCUT2D eigenvalue weighted by Crippen LogP contribution is -2.46. The van der Waals surface area contributed by atoms with E-state index < -0.39 is 0 Å². The van der Waals surface area contributed by atoms with Crippen molar-refractivity contribution in [3.63, 3.8) is 0 Å². The van der Waals surface area contributed by atoms with Gasteiger partial charge in [-0.05, 0) is 42.0 Å². The number of hydrogen-bond acceptors (Lipinski definition) is 4. The smallest absolute Gasteiger partial charge is 0.253 e. The van der Waals surface area contributed by atoms with Crippen molar-refractivity contribution >= 4 is 40.9 Å². The van der Waals surface area contributed by atoms with E-state index in [1.165, 1.54) is 11.8 Å². The Morgan fingerprint density at radius 1 is 1.04 bits per heavy atom. The first-order valence-electron chi connectivity index (χ1n) is 8.84. The summed E-state index contributed by atoms with van der Waals surface area (Å²) in [6, 6.07) is 14.7. The number of nitrogens with zero attached hydrogens (tertiary/aromatic N) is 1. The van der Waals surface area contributed by atoms with E-state index in [1.54, 1.807) is 24.3 Å². The second kappa shape index (κ2) is 9.78. The van der Waals surface area contributed by atoms with Crippen LogP contribution in [0.2, 0.25) is 5.02 Å². The molecule has 0 atom stereocenters. The van der Waals surface area contributed by atoms with E-state index in [0.717, 1.165) is 43.2 Å². The highest BCUT2D eigenvalue weighted by Gasteiger charge is 2.17. The third kappa shape index (κ3) is 5.99. The molecule has 5 nitrogen and oxygen atoms in total. The van der Waals surface area contributed by atoms with Crippen molar-refractivity contribution in [2.45, 2.75) is 5.75 Å². The molecule has 0 unspecified atom stereocenters. The summed E-state index contributed by atoms with van der Waals surface area (Å²) >= 11 is 7.37. The number of halogens is 1. The van der Waals surface area contributed by atoms with Gasteiger partial charge in [0.1, 0.15) is 0 Å². The zero-order valence-electron chi connectivity index (χ0n) is 14.9. The molecule has 1 saturated heterocycles. The van der Waals surface area contributed by atoms with Gasteiger partial charge in [-0.3, -0.25) is 9.59 Å². The predicted molar refractivity (Wildman–Crippen MR) is 111 cm³/mol. The molecular formula is C20H22ClN3O2S. The third-order valence-electron chi connectivity index (χ3n) is 4.23. The van der Waals surface area contributed by atoms with Gasteiger partial charge in [-0.1, -0.05) is 23.7 Å². The summed E-state index contributed by atoms with van der Waals surface area (Å²) in [6.07, 6.45) is 0. The molecule has 1 aliphatic rings. The van der Waals surface area contributed by atoms with Gasteiger partial charge in [-0.15, -0.1) is 11.8 Å². The summed E-state index contributed by atoms with van der Waals surface area (Å²) < 4.78 is 0. The number of rotatable bonds is 6. The van der Waals surface area contributed by atoms with Crippen LogP contribution in [-0.2, 0) is 10.5 Å². The average Bonchev–Trinajstić information content (AvgIpc) is 2.70. The van der Waals surface area contributed by atoms with Gasteiger partial charge >= 0.3 is 0 Å². The highest BCUT2D eigenvalue weighted by molar-refractivity contribution is 7.99. The summed E-state index contributed by atoms with van der Waals surface area (Å²) in [6.45, 7) is 3.19. The van der Waals surface area contributed by atoms with Crippen LogP contribution in [0, 0.1) is 0 Å². The molecule has 0 saturated carbocycles. The van der Waals surface area contributed by atoms with Crippen molar-refractivity contribution in [1.29, 1.82) is 0 Å². The highest BCUT2D eigenvalue weighted by atomic mass is 35.5. The molecule has 2 N–H and O–H groups in total. The maximum Gasteiger partial charge on any atom is 0.253 e. The van der Waals surface area contributed by atoms with Gasteiger partial charge in [0.2, 0.25) is 5.91 Å². The summed E-state index contributed by atoms with van der Waals surface area (Å²) in [5.41, 5.74) is 2.54. The molecule has 0 aliphatic carbocycles. The Labute approximate surface area is 168 Å². The number of piperazine rings is 1. The van der Waals surface area contributed by atoms with Crippen molar-refractivity contribution in [2.75, 3.05) is 37.2 Å². The fraction of sp³-hybridized carbons (Fsp3) is 0.300. The fourth-order valence-corrected chi connectivity index (χ4v) is 3.70. The monoisotopic (exact) mass is 403 g/mol. The van der Waals surface area contributed by atoms with E-state index in [4.69, 9.17) is 11.6 Å². The van der Waals surface area contributed by atoms with Crippen molar-refractivity contribution in [3.05, 3.63) is 64.7 Å². The Kier molecular flexibility index (Phi) is 7.15. The Morgan fingerprint density at radius 2 is 1.70 bits per heavy atom. The minimum absolute atomic E-state index is 0.0483. The van der Waals surface area contributed by atoms with Crippen LogP contribution < -0.4 is 10.6 Å². The SMILES string of the molecule is O=C(CSCc1ccc(C(=O)N2CCNCC2)cc1)Nc1ccc(Cl)cc1. The molecule has 1 heterocycles. The fourth-order valence-electron chi connectivity index (χ4n) is 2.79. The van der Waals surface area contributed by atoms with E-state index >= 15 is 0 Å². The van der Waals surface area contributed by atoms with E-state index in [-0.39, 0.29) is 11.8 Å². The summed E-state index contributed by atoms with van der Waals surface area (Å²) in [5, 5.41) is 6.73. The van der Waals surface area contributed by atoms with Crippen LogP contribution in [-0.4, -0.2) is 48.6 Å². The molecule has 7 heteroatoms. The zero-order chi connectivity index (χ0) is 19.1. The van der Waals surface area contributed by atoms with Crippen LogP contribution in [0.15, 0.2) is 48.5 Å². The lowest BCUT2D eigenvalue weighted by atomic mass is 10.1. The number of carbonyl (C=O) groups is 2. The van der Waals surface area contributed by atoms with Crippen molar-refractivity contribution < 1.29 is 9.59 Å². The third-order valence-corrected chi connectivity index (χ3v) is 5.49. The number of carbonyl (C=O) groups excluding carboxylic acids is 2. The molecule has 0 radical (unpaired) electrons. The molecule has 1 fully saturated rings. The van der Waals surface area contributed by atoms with Crippen molar-refractivity contribution in [3.8, 4) is 0 Å². The van der Waals surface area contributed by atoms with Crippen LogP contribution in [0.4, 0.5) is 5.69 Å². The number of benzene rings is 2. The van der Waals surface area contributed by atoms with Gasteiger partial charge in [-0.2, -0.15) is 0 Å². The molecule has 27 heavy (non-hydrogen) atoms. The molecule has 2 aromatic rings. The summed E-state index contributed by atoms with van der Waals surface area (Å²) in [7, 11) is 0. The van der Waals surface area contributed by atoms with E-state index in [0.29, 0.717) is 16.3 Å². The first kappa shape index (κ1) is 19.7. The maximum absolute atomic E-state index is 12.4. The van der Waals surface area contributed by atoms with Crippen LogP contribution in [0.1, 0.15) is 15.9 Å². The Bertz CT molecular complexity index is 775. The van der Waals surface area contributed by atoms with Crippen molar-refractivity contribution in [2.24, 2.45) is 0 Å². The van der Waals surface area contributed by atoms with E-state index in [2.05, 4.69) is 10.6 Å². The predicted octanol–water partition coefficient (Wildman–Crippen LogP) is 3.26. The van der Waals surface area contributed by atoms with Gasteiger partial charge in [0.15, 0.2) is 0 Å². The number of hydrogen-bond donors (Lipinski definition) is 2. The average molecular weight is 404 g/mol.